The zero-order chi connectivity index (χ0) is 46.3. The number of nitrogens with zero attached hydrogens (tertiary/aromatic N) is 5. The van der Waals surface area contributed by atoms with Crippen molar-refractivity contribution in [2.75, 3.05) is 0 Å². The summed E-state index contributed by atoms with van der Waals surface area (Å²) in [5.41, 5.74) is 19.4. The molecule has 12 aromatic rings. The van der Waals surface area contributed by atoms with Crippen molar-refractivity contribution in [3.8, 4) is 95.7 Å². The van der Waals surface area contributed by atoms with Crippen LogP contribution < -0.4 is 0 Å². The lowest BCUT2D eigenvalue weighted by Gasteiger charge is -2.17. The summed E-state index contributed by atoms with van der Waals surface area (Å²) in [6, 6.07) is 83.4. The van der Waals surface area contributed by atoms with Crippen molar-refractivity contribution in [1.82, 2.24) is 24.5 Å². The molecule has 0 amide bonds. The monoisotopic (exact) mass is 883 g/mol. The van der Waals surface area contributed by atoms with Crippen LogP contribution >= 0.6 is 0 Å². The molecule has 3 heterocycles. The lowest BCUT2D eigenvalue weighted by molar-refractivity contribution is 1.14. The van der Waals surface area contributed by atoms with E-state index in [4.69, 9.17) is 19.9 Å². The van der Waals surface area contributed by atoms with E-state index in [0.717, 1.165) is 83.6 Å². The quantitative estimate of drug-likeness (QED) is 0.145. The van der Waals surface area contributed by atoms with Gasteiger partial charge in [-0.3, -0.25) is 0 Å². The van der Waals surface area contributed by atoms with Gasteiger partial charge in [-0.1, -0.05) is 193 Å². The van der Waals surface area contributed by atoms with E-state index >= 15 is 0 Å². The minimum absolute atomic E-state index is 0.622. The van der Waals surface area contributed by atoms with E-state index in [1.54, 1.807) is 0 Å². The van der Waals surface area contributed by atoms with Crippen LogP contribution in [0.4, 0.5) is 0 Å². The standard InChI is InChI=1S/C64H45N5/c1-42-23-27-44(28-24-42)50-31-34-60-53(37-50)54-38-51(45-29-25-43(2)26-30-45)32-35-61(54)69(60)62-36-33-52(64-66-56(46-15-7-3-8-16-46)40-57(67-64)47-17-9-4-10-18-47)39-55(62)59-41-58(48-19-11-5-12-20-48)65-63(68-59)49-21-13-6-14-22-49/h3-41H,1-2H3. The molecule has 0 bridgehead atoms. The van der Waals surface area contributed by atoms with Crippen LogP contribution in [0.15, 0.2) is 237 Å². The first-order valence-electron chi connectivity index (χ1n) is 23.4. The molecule has 0 aliphatic carbocycles. The highest BCUT2D eigenvalue weighted by Crippen LogP contribution is 2.42. The molecule has 69 heavy (non-hydrogen) atoms. The van der Waals surface area contributed by atoms with Crippen LogP contribution in [0.2, 0.25) is 0 Å². The predicted molar refractivity (Wildman–Crippen MR) is 285 cm³/mol. The third kappa shape index (κ3) is 8.06. The molecular formula is C64H45N5. The van der Waals surface area contributed by atoms with Crippen LogP contribution in [0, 0.1) is 13.8 Å². The minimum Gasteiger partial charge on any atom is -0.309 e. The summed E-state index contributed by atoms with van der Waals surface area (Å²) in [6.07, 6.45) is 0. The molecule has 0 fully saturated rings. The maximum Gasteiger partial charge on any atom is 0.160 e. The average Bonchev–Trinajstić information content (AvgIpc) is 3.74. The van der Waals surface area contributed by atoms with Gasteiger partial charge in [0.2, 0.25) is 0 Å². The van der Waals surface area contributed by atoms with Gasteiger partial charge in [0.15, 0.2) is 11.6 Å². The molecule has 0 unspecified atom stereocenters. The van der Waals surface area contributed by atoms with E-state index < -0.39 is 0 Å². The molecule has 3 aromatic heterocycles. The predicted octanol–water partition coefficient (Wildman–Crippen LogP) is 16.3. The van der Waals surface area contributed by atoms with Gasteiger partial charge in [-0.25, -0.2) is 19.9 Å². The van der Waals surface area contributed by atoms with Crippen molar-refractivity contribution in [2.45, 2.75) is 13.8 Å². The van der Waals surface area contributed by atoms with E-state index in [2.05, 4.69) is 219 Å². The fourth-order valence-electron chi connectivity index (χ4n) is 9.36. The molecular weight excluding hydrogens is 839 g/mol. The molecule has 0 spiro atoms. The fourth-order valence-corrected chi connectivity index (χ4v) is 9.36. The van der Waals surface area contributed by atoms with Crippen molar-refractivity contribution in [1.29, 1.82) is 0 Å². The summed E-state index contributed by atoms with van der Waals surface area (Å²) in [7, 11) is 0. The molecule has 0 radical (unpaired) electrons. The van der Waals surface area contributed by atoms with Crippen molar-refractivity contribution in [2.24, 2.45) is 0 Å². The number of hydrogen-bond donors (Lipinski definition) is 0. The van der Waals surface area contributed by atoms with Crippen LogP contribution in [0.25, 0.3) is 118 Å². The van der Waals surface area contributed by atoms with E-state index in [0.29, 0.717) is 11.6 Å². The lowest BCUT2D eigenvalue weighted by atomic mass is 9.99. The zero-order valence-electron chi connectivity index (χ0n) is 38.3. The van der Waals surface area contributed by atoms with Gasteiger partial charge in [0.1, 0.15) is 0 Å². The first-order valence-corrected chi connectivity index (χ1v) is 23.4. The number of hydrogen-bond acceptors (Lipinski definition) is 4. The normalized spacial score (nSPS) is 11.3. The summed E-state index contributed by atoms with van der Waals surface area (Å²) >= 11 is 0. The Hall–Kier alpha value is -9.06. The summed E-state index contributed by atoms with van der Waals surface area (Å²) in [5, 5.41) is 2.33. The van der Waals surface area contributed by atoms with Gasteiger partial charge < -0.3 is 4.57 Å². The van der Waals surface area contributed by atoms with E-state index in [9.17, 15) is 0 Å². The Bertz CT molecular complexity index is 3590. The average molecular weight is 884 g/mol. The van der Waals surface area contributed by atoms with Gasteiger partial charge >= 0.3 is 0 Å². The molecule has 326 valence electrons. The highest BCUT2D eigenvalue weighted by atomic mass is 15.0. The number of aromatic nitrogens is 5. The van der Waals surface area contributed by atoms with Crippen molar-refractivity contribution < 1.29 is 0 Å². The second-order valence-electron chi connectivity index (χ2n) is 17.7. The molecule has 0 aliphatic heterocycles. The van der Waals surface area contributed by atoms with Crippen LogP contribution in [-0.4, -0.2) is 24.5 Å². The Morgan fingerprint density at radius 2 is 0.638 bits per heavy atom. The number of aryl methyl sites for hydroxylation is 2. The second kappa shape index (κ2) is 17.6. The van der Waals surface area contributed by atoms with Crippen LogP contribution in [0.1, 0.15) is 11.1 Å². The smallest absolute Gasteiger partial charge is 0.160 e. The molecule has 0 aliphatic rings. The molecule has 9 aromatic carbocycles. The van der Waals surface area contributed by atoms with E-state index in [1.165, 1.54) is 33.4 Å². The molecule has 0 N–H and O–H groups in total. The van der Waals surface area contributed by atoms with Crippen molar-refractivity contribution in [3.05, 3.63) is 248 Å². The highest BCUT2D eigenvalue weighted by molar-refractivity contribution is 6.12. The first-order chi connectivity index (χ1) is 34.0. The summed E-state index contributed by atoms with van der Waals surface area (Å²) in [4.78, 5) is 21.2. The maximum absolute atomic E-state index is 5.45. The second-order valence-corrected chi connectivity index (χ2v) is 17.7. The first kappa shape index (κ1) is 41.4. The van der Waals surface area contributed by atoms with Crippen molar-refractivity contribution in [3.63, 3.8) is 0 Å². The third-order valence-electron chi connectivity index (χ3n) is 13.0. The summed E-state index contributed by atoms with van der Waals surface area (Å²) in [6.45, 7) is 4.27. The van der Waals surface area contributed by atoms with Gasteiger partial charge in [-0.2, -0.15) is 0 Å². The van der Waals surface area contributed by atoms with Gasteiger partial charge in [-0.05, 0) is 90.7 Å². The number of benzene rings is 9. The van der Waals surface area contributed by atoms with Gasteiger partial charge in [0.05, 0.1) is 39.5 Å². The third-order valence-corrected chi connectivity index (χ3v) is 13.0. The Labute approximate surface area is 401 Å². The van der Waals surface area contributed by atoms with Crippen LogP contribution in [0.3, 0.4) is 0 Å². The number of fused-ring (bicyclic) bond motifs is 3. The fraction of sp³-hybridized carbons (Fsp3) is 0.0312. The molecule has 5 heteroatoms. The largest absolute Gasteiger partial charge is 0.309 e. The minimum atomic E-state index is 0.622. The van der Waals surface area contributed by atoms with E-state index in [-0.39, 0.29) is 0 Å². The van der Waals surface area contributed by atoms with Gasteiger partial charge in [0.25, 0.3) is 0 Å². The molecule has 12 rings (SSSR count). The van der Waals surface area contributed by atoms with Crippen LogP contribution in [0.5, 0.6) is 0 Å². The lowest BCUT2D eigenvalue weighted by Crippen LogP contribution is -2.02. The van der Waals surface area contributed by atoms with E-state index in [1.807, 2.05) is 36.4 Å². The van der Waals surface area contributed by atoms with Crippen LogP contribution in [-0.2, 0) is 0 Å². The highest BCUT2D eigenvalue weighted by Gasteiger charge is 2.22. The zero-order valence-corrected chi connectivity index (χ0v) is 38.3. The topological polar surface area (TPSA) is 56.5 Å². The molecule has 5 nitrogen and oxygen atoms in total. The summed E-state index contributed by atoms with van der Waals surface area (Å²) in [5.74, 6) is 1.26. The maximum atomic E-state index is 5.45. The number of rotatable bonds is 9. The molecule has 0 atom stereocenters. The Balaban J connectivity index is 1.15. The molecule has 0 saturated carbocycles. The summed E-state index contributed by atoms with van der Waals surface area (Å²) < 4.78 is 2.41. The van der Waals surface area contributed by atoms with Gasteiger partial charge in [0, 0.05) is 44.2 Å². The SMILES string of the molecule is Cc1ccc(-c2ccc3c(c2)c2cc(-c4ccc(C)cc4)ccc2n3-c2ccc(-c3nc(-c4ccccc4)cc(-c4ccccc4)n3)cc2-c2cc(-c3ccccc3)nc(-c3ccccc3)n2)cc1. The Kier molecular flexibility index (Phi) is 10.6. The molecule has 0 saturated heterocycles. The van der Waals surface area contributed by atoms with Crippen molar-refractivity contribution >= 4 is 21.8 Å². The van der Waals surface area contributed by atoms with Gasteiger partial charge in [-0.15, -0.1) is 0 Å². The Morgan fingerprint density at radius 3 is 1.09 bits per heavy atom. The Morgan fingerprint density at radius 1 is 0.275 bits per heavy atom.